The van der Waals surface area contributed by atoms with Gasteiger partial charge in [0.1, 0.15) is 6.07 Å². The first-order valence-electron chi connectivity index (χ1n) is 5.37. The number of hydrogen-bond donors (Lipinski definition) is 0. The third kappa shape index (κ3) is 2.07. The van der Waals surface area contributed by atoms with Crippen LogP contribution in [0.15, 0.2) is 36.4 Å². The molecule has 0 spiro atoms. The smallest absolute Gasteiger partial charge is 0.101 e. The van der Waals surface area contributed by atoms with Crippen LogP contribution in [0.2, 0.25) is 5.02 Å². The predicted octanol–water partition coefficient (Wildman–Crippen LogP) is 4.06. The van der Waals surface area contributed by atoms with Gasteiger partial charge in [0.15, 0.2) is 0 Å². The van der Waals surface area contributed by atoms with E-state index in [9.17, 15) is 5.26 Å². The number of nitrogens with zero attached hydrogens (tertiary/aromatic N) is 2. The molecule has 18 heavy (non-hydrogen) atoms. The monoisotopic (exact) mass is 252 g/mol. The molecule has 2 aromatic carbocycles. The van der Waals surface area contributed by atoms with Gasteiger partial charge in [0, 0.05) is 11.1 Å². The van der Waals surface area contributed by atoms with E-state index in [0.717, 1.165) is 11.1 Å². The molecule has 0 saturated heterocycles. The zero-order chi connectivity index (χ0) is 13.1. The van der Waals surface area contributed by atoms with Crippen molar-refractivity contribution in [3.05, 3.63) is 58.1 Å². The summed E-state index contributed by atoms with van der Waals surface area (Å²) < 4.78 is 0. The summed E-state index contributed by atoms with van der Waals surface area (Å²) in [6, 6.07) is 15.0. The van der Waals surface area contributed by atoms with E-state index in [1.165, 1.54) is 0 Å². The lowest BCUT2D eigenvalue weighted by molar-refractivity contribution is 1.41. The van der Waals surface area contributed by atoms with Gasteiger partial charge in [-0.1, -0.05) is 41.4 Å². The highest BCUT2D eigenvalue weighted by Gasteiger charge is 2.12. The van der Waals surface area contributed by atoms with Crippen LogP contribution in [-0.2, 0) is 0 Å². The number of halogens is 1. The van der Waals surface area contributed by atoms with Crippen LogP contribution in [0.5, 0.6) is 0 Å². The topological polar surface area (TPSA) is 47.6 Å². The first-order valence-corrected chi connectivity index (χ1v) is 5.75. The highest BCUT2D eigenvalue weighted by molar-refractivity contribution is 6.32. The number of benzene rings is 2. The second-order valence-electron chi connectivity index (χ2n) is 3.94. The minimum absolute atomic E-state index is 0.403. The van der Waals surface area contributed by atoms with Gasteiger partial charge in [-0.2, -0.15) is 10.5 Å². The highest BCUT2D eigenvalue weighted by atomic mass is 35.5. The van der Waals surface area contributed by atoms with Crippen LogP contribution >= 0.6 is 11.6 Å². The summed E-state index contributed by atoms with van der Waals surface area (Å²) >= 11 is 6.01. The van der Waals surface area contributed by atoms with Crippen LogP contribution < -0.4 is 0 Å². The molecular weight excluding hydrogens is 244 g/mol. The zero-order valence-corrected chi connectivity index (χ0v) is 10.5. The standard InChI is InChI=1S/C15H9ClN2/c1-10-5-6-11(8-17)13(7-10)12-3-2-4-15(16)14(12)9-18/h2-7H,1H3. The molecule has 86 valence electrons. The molecule has 2 rings (SSSR count). The molecule has 0 fully saturated rings. The Bertz CT molecular complexity index is 691. The van der Waals surface area contributed by atoms with Gasteiger partial charge in [0.2, 0.25) is 0 Å². The molecule has 0 saturated carbocycles. The van der Waals surface area contributed by atoms with Crippen molar-refractivity contribution in [3.63, 3.8) is 0 Å². The molecule has 0 amide bonds. The predicted molar refractivity (Wildman–Crippen MR) is 71.1 cm³/mol. The average Bonchev–Trinajstić information content (AvgIpc) is 2.38. The molecule has 0 aliphatic rings. The van der Waals surface area contributed by atoms with Gasteiger partial charge in [-0.05, 0) is 19.1 Å². The van der Waals surface area contributed by atoms with Crippen LogP contribution in [0, 0.1) is 29.6 Å². The van der Waals surface area contributed by atoms with Gasteiger partial charge in [-0.15, -0.1) is 0 Å². The fourth-order valence-corrected chi connectivity index (χ4v) is 2.06. The largest absolute Gasteiger partial charge is 0.192 e. The summed E-state index contributed by atoms with van der Waals surface area (Å²) in [7, 11) is 0. The van der Waals surface area contributed by atoms with Crippen LogP contribution in [0.3, 0.4) is 0 Å². The van der Waals surface area contributed by atoms with E-state index >= 15 is 0 Å². The van der Waals surface area contributed by atoms with Gasteiger partial charge in [0.25, 0.3) is 0 Å². The van der Waals surface area contributed by atoms with Gasteiger partial charge in [0.05, 0.1) is 22.2 Å². The maximum atomic E-state index is 9.18. The molecule has 0 aromatic heterocycles. The average molecular weight is 253 g/mol. The molecule has 0 heterocycles. The second kappa shape index (κ2) is 4.92. The third-order valence-electron chi connectivity index (χ3n) is 2.71. The van der Waals surface area contributed by atoms with Gasteiger partial charge in [-0.25, -0.2) is 0 Å². The van der Waals surface area contributed by atoms with Crippen molar-refractivity contribution in [2.75, 3.05) is 0 Å². The molecule has 0 atom stereocenters. The Labute approximate surface area is 111 Å². The van der Waals surface area contributed by atoms with Gasteiger partial charge < -0.3 is 0 Å². The van der Waals surface area contributed by atoms with Crippen LogP contribution in [0.1, 0.15) is 16.7 Å². The summed E-state index contributed by atoms with van der Waals surface area (Å²) in [5.74, 6) is 0. The molecule has 0 aliphatic carbocycles. The van der Waals surface area contributed by atoms with Crippen LogP contribution in [0.25, 0.3) is 11.1 Å². The Kier molecular flexibility index (Phi) is 3.33. The molecule has 0 N–H and O–H groups in total. The maximum absolute atomic E-state index is 9.18. The summed E-state index contributed by atoms with van der Waals surface area (Å²) in [6.45, 7) is 1.95. The van der Waals surface area contributed by atoms with E-state index < -0.39 is 0 Å². The quantitative estimate of drug-likeness (QED) is 0.768. The Morgan fingerprint density at radius 1 is 1.00 bits per heavy atom. The summed E-state index contributed by atoms with van der Waals surface area (Å²) in [5.41, 5.74) is 3.43. The summed E-state index contributed by atoms with van der Waals surface area (Å²) in [4.78, 5) is 0. The lowest BCUT2D eigenvalue weighted by Crippen LogP contribution is -1.90. The minimum atomic E-state index is 0.403. The first-order chi connectivity index (χ1) is 8.67. The number of nitriles is 2. The lowest BCUT2D eigenvalue weighted by Gasteiger charge is -2.08. The number of hydrogen-bond acceptors (Lipinski definition) is 2. The Balaban J connectivity index is 2.78. The van der Waals surface area contributed by atoms with Crippen LogP contribution in [-0.4, -0.2) is 0 Å². The zero-order valence-electron chi connectivity index (χ0n) is 9.74. The van der Waals surface area contributed by atoms with Crippen molar-refractivity contribution in [1.29, 1.82) is 10.5 Å². The normalized spacial score (nSPS) is 9.56. The van der Waals surface area contributed by atoms with Crippen molar-refractivity contribution < 1.29 is 0 Å². The van der Waals surface area contributed by atoms with Gasteiger partial charge >= 0.3 is 0 Å². The molecule has 0 radical (unpaired) electrons. The molecule has 0 bridgehead atoms. The molecule has 3 heteroatoms. The third-order valence-corrected chi connectivity index (χ3v) is 3.03. The summed E-state index contributed by atoms with van der Waals surface area (Å²) in [6.07, 6.45) is 0. The Morgan fingerprint density at radius 3 is 2.44 bits per heavy atom. The molecular formula is C15H9ClN2. The van der Waals surface area contributed by atoms with E-state index in [1.807, 2.05) is 19.1 Å². The van der Waals surface area contributed by atoms with Crippen molar-refractivity contribution in [2.45, 2.75) is 6.92 Å². The summed E-state index contributed by atoms with van der Waals surface area (Å²) in [5, 5.41) is 18.7. The second-order valence-corrected chi connectivity index (χ2v) is 4.34. The Hall–Kier alpha value is -2.29. The van der Waals surface area contributed by atoms with E-state index in [4.69, 9.17) is 16.9 Å². The fourth-order valence-electron chi connectivity index (χ4n) is 1.84. The van der Waals surface area contributed by atoms with E-state index in [0.29, 0.717) is 21.7 Å². The van der Waals surface area contributed by atoms with Crippen molar-refractivity contribution in [1.82, 2.24) is 0 Å². The first kappa shape index (κ1) is 12.2. The number of aryl methyl sites for hydroxylation is 1. The van der Waals surface area contributed by atoms with E-state index in [1.54, 1.807) is 24.3 Å². The van der Waals surface area contributed by atoms with Crippen molar-refractivity contribution in [3.8, 4) is 23.3 Å². The van der Waals surface area contributed by atoms with Gasteiger partial charge in [-0.3, -0.25) is 0 Å². The number of rotatable bonds is 1. The van der Waals surface area contributed by atoms with Crippen molar-refractivity contribution in [2.24, 2.45) is 0 Å². The minimum Gasteiger partial charge on any atom is -0.192 e. The Morgan fingerprint density at radius 2 is 1.78 bits per heavy atom. The SMILES string of the molecule is Cc1ccc(C#N)c(-c2cccc(Cl)c2C#N)c1. The lowest BCUT2D eigenvalue weighted by atomic mass is 9.95. The maximum Gasteiger partial charge on any atom is 0.101 e. The fraction of sp³-hybridized carbons (Fsp3) is 0.0667. The molecule has 0 unspecified atom stereocenters. The van der Waals surface area contributed by atoms with E-state index in [-0.39, 0.29) is 0 Å². The highest BCUT2D eigenvalue weighted by Crippen LogP contribution is 2.31. The van der Waals surface area contributed by atoms with Crippen molar-refractivity contribution >= 4 is 11.6 Å². The van der Waals surface area contributed by atoms with E-state index in [2.05, 4.69) is 12.1 Å². The molecule has 2 aromatic rings. The molecule has 0 aliphatic heterocycles. The van der Waals surface area contributed by atoms with Crippen LogP contribution in [0.4, 0.5) is 0 Å². The molecule has 2 nitrogen and oxygen atoms in total.